The number of nitrogens with zero attached hydrogens (tertiary/aromatic N) is 1. The van der Waals surface area contributed by atoms with E-state index in [1.165, 1.54) is 32.2 Å². The van der Waals surface area contributed by atoms with Gasteiger partial charge < -0.3 is 15.0 Å². The van der Waals surface area contributed by atoms with Gasteiger partial charge >= 0.3 is 5.97 Å². The zero-order valence-electron chi connectivity index (χ0n) is 12.4. The highest BCUT2D eigenvalue weighted by molar-refractivity contribution is 5.75. The molecule has 0 saturated heterocycles. The predicted molar refractivity (Wildman–Crippen MR) is 76.0 cm³/mol. The summed E-state index contributed by atoms with van der Waals surface area (Å²) in [6.07, 6.45) is 6.05. The number of esters is 1. The van der Waals surface area contributed by atoms with Gasteiger partial charge in [0.1, 0.15) is 6.04 Å². The first-order valence-electron chi connectivity index (χ1n) is 7.88. The molecule has 4 heteroatoms. The maximum atomic E-state index is 11.9. The quantitative estimate of drug-likeness (QED) is 0.613. The Morgan fingerprint density at radius 3 is 2.58 bits per heavy atom. The second-order valence-electron chi connectivity index (χ2n) is 5.87. The summed E-state index contributed by atoms with van der Waals surface area (Å²) in [5, 5.41) is 3.42. The molecule has 2 rings (SSSR count). The number of carbonyl (C=O) groups excluding carboxylic acids is 1. The lowest BCUT2D eigenvalue weighted by atomic mass is 10.2. The Hall–Kier alpha value is -0.610. The lowest BCUT2D eigenvalue weighted by molar-refractivity contribution is -0.146. The van der Waals surface area contributed by atoms with Crippen molar-refractivity contribution in [3.63, 3.8) is 0 Å². The summed E-state index contributed by atoms with van der Waals surface area (Å²) >= 11 is 0. The van der Waals surface area contributed by atoms with E-state index in [1.54, 1.807) is 0 Å². The van der Waals surface area contributed by atoms with Gasteiger partial charge in [-0.3, -0.25) is 4.79 Å². The molecule has 0 aromatic rings. The minimum atomic E-state index is -0.110. The van der Waals surface area contributed by atoms with Crippen molar-refractivity contribution in [3.8, 4) is 0 Å². The van der Waals surface area contributed by atoms with Crippen LogP contribution in [0.15, 0.2) is 0 Å². The Balaban J connectivity index is 1.74. The van der Waals surface area contributed by atoms with Crippen molar-refractivity contribution in [2.45, 2.75) is 58.0 Å². The van der Waals surface area contributed by atoms with Gasteiger partial charge in [-0.1, -0.05) is 6.92 Å². The second-order valence-corrected chi connectivity index (χ2v) is 5.87. The molecule has 0 bridgehead atoms. The molecule has 1 N–H and O–H groups in total. The van der Waals surface area contributed by atoms with Crippen molar-refractivity contribution in [2.24, 2.45) is 5.92 Å². The minimum Gasteiger partial charge on any atom is -0.465 e. The summed E-state index contributed by atoms with van der Waals surface area (Å²) in [4.78, 5) is 14.4. The van der Waals surface area contributed by atoms with Crippen molar-refractivity contribution in [3.05, 3.63) is 0 Å². The third-order valence-electron chi connectivity index (χ3n) is 3.98. The number of hydrogen-bond acceptors (Lipinski definition) is 4. The molecule has 2 aliphatic carbocycles. The van der Waals surface area contributed by atoms with Crippen LogP contribution in [0.1, 0.15) is 46.0 Å². The molecule has 4 nitrogen and oxygen atoms in total. The molecule has 110 valence electrons. The summed E-state index contributed by atoms with van der Waals surface area (Å²) in [5.41, 5.74) is 0. The summed E-state index contributed by atoms with van der Waals surface area (Å²) in [6, 6.07) is 0.439. The number of nitrogens with one attached hydrogen (secondary N) is 1. The maximum absolute atomic E-state index is 11.9. The average Bonchev–Trinajstić information content (AvgIpc) is 3.27. The largest absolute Gasteiger partial charge is 0.465 e. The average molecular weight is 268 g/mol. The van der Waals surface area contributed by atoms with Gasteiger partial charge in [-0.05, 0) is 51.5 Å². The van der Waals surface area contributed by atoms with E-state index in [0.717, 1.165) is 25.4 Å². The maximum Gasteiger partial charge on any atom is 0.323 e. The summed E-state index contributed by atoms with van der Waals surface area (Å²) in [5.74, 6) is 0.842. The zero-order valence-corrected chi connectivity index (χ0v) is 12.4. The van der Waals surface area contributed by atoms with E-state index in [1.807, 2.05) is 6.92 Å². The van der Waals surface area contributed by atoms with Crippen LogP contribution in [0.2, 0.25) is 0 Å². The first kappa shape index (κ1) is 14.8. The van der Waals surface area contributed by atoms with E-state index >= 15 is 0 Å². The van der Waals surface area contributed by atoms with E-state index < -0.39 is 0 Å². The standard InChI is InChI=1S/C15H28N2O2/c1-3-17(11-12-5-6-12)10-9-14(15(18)19-4-2)16-13-7-8-13/h12-14,16H,3-11H2,1-2H3. The van der Waals surface area contributed by atoms with Crippen molar-refractivity contribution in [1.29, 1.82) is 0 Å². The number of hydrogen-bond donors (Lipinski definition) is 1. The third kappa shape index (κ3) is 5.49. The normalized spacial score (nSPS) is 20.6. The molecule has 2 fully saturated rings. The molecule has 0 aromatic heterocycles. The van der Waals surface area contributed by atoms with E-state index in [9.17, 15) is 4.79 Å². The Labute approximate surface area is 116 Å². The Bertz CT molecular complexity index is 288. The SMILES string of the molecule is CCOC(=O)C(CCN(CC)CC1CC1)NC1CC1. The molecule has 2 saturated carbocycles. The van der Waals surface area contributed by atoms with Crippen molar-refractivity contribution < 1.29 is 9.53 Å². The van der Waals surface area contributed by atoms with Crippen LogP contribution in [-0.2, 0) is 9.53 Å². The molecule has 0 aromatic carbocycles. The fourth-order valence-electron chi connectivity index (χ4n) is 2.40. The molecular weight excluding hydrogens is 240 g/mol. The fraction of sp³-hybridized carbons (Fsp3) is 0.933. The van der Waals surface area contributed by atoms with Gasteiger partial charge in [-0.15, -0.1) is 0 Å². The molecule has 0 radical (unpaired) electrons. The van der Waals surface area contributed by atoms with Crippen LogP contribution in [0.25, 0.3) is 0 Å². The van der Waals surface area contributed by atoms with Gasteiger partial charge in [0, 0.05) is 19.1 Å². The number of rotatable bonds is 10. The van der Waals surface area contributed by atoms with Crippen molar-refractivity contribution >= 4 is 5.97 Å². The van der Waals surface area contributed by atoms with Crippen LogP contribution in [0.5, 0.6) is 0 Å². The van der Waals surface area contributed by atoms with Gasteiger partial charge in [-0.2, -0.15) is 0 Å². The summed E-state index contributed by atoms with van der Waals surface area (Å²) in [6.45, 7) is 7.83. The molecule has 0 amide bonds. The number of carbonyl (C=O) groups is 1. The predicted octanol–water partition coefficient (Wildman–Crippen LogP) is 1.79. The topological polar surface area (TPSA) is 41.6 Å². The van der Waals surface area contributed by atoms with Crippen LogP contribution in [0, 0.1) is 5.92 Å². The molecule has 0 aliphatic heterocycles. The van der Waals surface area contributed by atoms with E-state index in [0.29, 0.717) is 12.6 Å². The molecule has 0 spiro atoms. The summed E-state index contributed by atoms with van der Waals surface area (Å²) in [7, 11) is 0. The highest BCUT2D eigenvalue weighted by Gasteiger charge is 2.30. The van der Waals surface area contributed by atoms with E-state index in [2.05, 4.69) is 17.1 Å². The Morgan fingerprint density at radius 2 is 2.05 bits per heavy atom. The van der Waals surface area contributed by atoms with Crippen LogP contribution in [-0.4, -0.2) is 49.2 Å². The molecule has 1 atom stereocenters. The van der Waals surface area contributed by atoms with Crippen LogP contribution >= 0.6 is 0 Å². The van der Waals surface area contributed by atoms with Gasteiger partial charge in [0.2, 0.25) is 0 Å². The Morgan fingerprint density at radius 1 is 1.32 bits per heavy atom. The van der Waals surface area contributed by atoms with Crippen LogP contribution in [0.3, 0.4) is 0 Å². The van der Waals surface area contributed by atoms with Gasteiger partial charge in [0.15, 0.2) is 0 Å². The second kappa shape index (κ2) is 7.25. The van der Waals surface area contributed by atoms with E-state index in [4.69, 9.17) is 4.74 Å². The first-order chi connectivity index (χ1) is 9.22. The first-order valence-corrected chi connectivity index (χ1v) is 7.88. The Kier molecular flexibility index (Phi) is 5.64. The monoisotopic (exact) mass is 268 g/mol. The minimum absolute atomic E-state index is 0.0723. The lowest BCUT2D eigenvalue weighted by Crippen LogP contribution is -2.42. The third-order valence-corrected chi connectivity index (χ3v) is 3.98. The van der Waals surface area contributed by atoms with Crippen LogP contribution < -0.4 is 5.32 Å². The van der Waals surface area contributed by atoms with E-state index in [-0.39, 0.29) is 12.0 Å². The van der Waals surface area contributed by atoms with Gasteiger partial charge in [-0.25, -0.2) is 0 Å². The lowest BCUT2D eigenvalue weighted by Gasteiger charge is -2.23. The van der Waals surface area contributed by atoms with Crippen molar-refractivity contribution in [1.82, 2.24) is 10.2 Å². The zero-order chi connectivity index (χ0) is 13.7. The van der Waals surface area contributed by atoms with Crippen molar-refractivity contribution in [2.75, 3.05) is 26.2 Å². The highest BCUT2D eigenvalue weighted by Crippen LogP contribution is 2.29. The van der Waals surface area contributed by atoms with Gasteiger partial charge in [0.05, 0.1) is 6.61 Å². The van der Waals surface area contributed by atoms with Gasteiger partial charge in [0.25, 0.3) is 0 Å². The van der Waals surface area contributed by atoms with Crippen LogP contribution in [0.4, 0.5) is 0 Å². The molecule has 2 aliphatic rings. The molecule has 1 unspecified atom stereocenters. The summed E-state index contributed by atoms with van der Waals surface area (Å²) < 4.78 is 5.17. The highest BCUT2D eigenvalue weighted by atomic mass is 16.5. The molecular formula is C15H28N2O2. The smallest absolute Gasteiger partial charge is 0.323 e. The number of ether oxygens (including phenoxy) is 1. The fourth-order valence-corrected chi connectivity index (χ4v) is 2.40. The molecule has 19 heavy (non-hydrogen) atoms. The molecule has 0 heterocycles.